The van der Waals surface area contributed by atoms with Gasteiger partial charge in [0, 0.05) is 18.6 Å². The molecule has 0 spiro atoms. The highest BCUT2D eigenvalue weighted by Crippen LogP contribution is 2.21. The SMILES string of the molecule is Cc1cc(C)c(C(=O)CCCC2CCCO2)c(C)c1. The Morgan fingerprint density at radius 3 is 2.53 bits per heavy atom. The number of Topliss-reactive ketones (excluding diaryl/α,β-unsaturated/α-hetero) is 1. The number of rotatable bonds is 5. The van der Waals surface area contributed by atoms with Crippen LogP contribution < -0.4 is 0 Å². The maximum Gasteiger partial charge on any atom is 0.163 e. The number of carbonyl (C=O) groups is 1. The summed E-state index contributed by atoms with van der Waals surface area (Å²) in [4.78, 5) is 12.3. The Morgan fingerprint density at radius 2 is 1.95 bits per heavy atom. The molecule has 1 fully saturated rings. The van der Waals surface area contributed by atoms with E-state index in [0.717, 1.165) is 42.6 Å². The highest BCUT2D eigenvalue weighted by Gasteiger charge is 2.17. The van der Waals surface area contributed by atoms with Crippen LogP contribution >= 0.6 is 0 Å². The second-order valence-corrected chi connectivity index (χ2v) is 5.72. The van der Waals surface area contributed by atoms with Crippen LogP contribution in [0.15, 0.2) is 12.1 Å². The summed E-state index contributed by atoms with van der Waals surface area (Å²) in [6, 6.07) is 4.20. The van der Waals surface area contributed by atoms with Gasteiger partial charge in [0.25, 0.3) is 0 Å². The summed E-state index contributed by atoms with van der Waals surface area (Å²) in [7, 11) is 0. The van der Waals surface area contributed by atoms with E-state index in [2.05, 4.69) is 19.1 Å². The van der Waals surface area contributed by atoms with Gasteiger partial charge in [-0.05, 0) is 57.6 Å². The molecule has 1 aliphatic rings. The van der Waals surface area contributed by atoms with Gasteiger partial charge in [0.15, 0.2) is 5.78 Å². The molecule has 1 atom stereocenters. The van der Waals surface area contributed by atoms with E-state index in [0.29, 0.717) is 12.5 Å². The number of ether oxygens (including phenoxy) is 1. The predicted octanol–water partition coefficient (Wildman–Crippen LogP) is 4.14. The van der Waals surface area contributed by atoms with E-state index in [1.54, 1.807) is 0 Å². The zero-order valence-corrected chi connectivity index (χ0v) is 12.3. The summed E-state index contributed by atoms with van der Waals surface area (Å²) in [6.07, 6.45) is 5.34. The van der Waals surface area contributed by atoms with E-state index in [4.69, 9.17) is 4.74 Å². The third-order valence-electron chi connectivity index (χ3n) is 3.91. The molecule has 2 heteroatoms. The fourth-order valence-corrected chi connectivity index (χ4v) is 3.11. The molecule has 1 aliphatic heterocycles. The maximum absolute atomic E-state index is 12.3. The summed E-state index contributed by atoms with van der Waals surface area (Å²) >= 11 is 0. The first-order valence-electron chi connectivity index (χ1n) is 7.30. The normalized spacial score (nSPS) is 18.8. The number of ketones is 1. The molecule has 1 aromatic rings. The molecule has 0 radical (unpaired) electrons. The monoisotopic (exact) mass is 260 g/mol. The Labute approximate surface area is 116 Å². The molecule has 0 aliphatic carbocycles. The van der Waals surface area contributed by atoms with E-state index in [1.807, 2.05) is 13.8 Å². The average Bonchev–Trinajstić information content (AvgIpc) is 2.80. The molecule has 0 saturated carbocycles. The summed E-state index contributed by atoms with van der Waals surface area (Å²) in [5, 5.41) is 0. The number of hydrogen-bond acceptors (Lipinski definition) is 2. The first-order chi connectivity index (χ1) is 9.08. The van der Waals surface area contributed by atoms with Crippen molar-refractivity contribution in [3.8, 4) is 0 Å². The van der Waals surface area contributed by atoms with E-state index >= 15 is 0 Å². The molecule has 104 valence electrons. The Balaban J connectivity index is 1.92. The highest BCUT2D eigenvalue weighted by atomic mass is 16.5. The lowest BCUT2D eigenvalue weighted by molar-refractivity contribution is 0.0922. The molecule has 19 heavy (non-hydrogen) atoms. The Bertz CT molecular complexity index is 433. The predicted molar refractivity (Wildman–Crippen MR) is 77.8 cm³/mol. The van der Waals surface area contributed by atoms with Gasteiger partial charge in [0.2, 0.25) is 0 Å². The molecule has 1 aromatic carbocycles. The number of hydrogen-bond donors (Lipinski definition) is 0. The van der Waals surface area contributed by atoms with Gasteiger partial charge in [-0.2, -0.15) is 0 Å². The zero-order valence-electron chi connectivity index (χ0n) is 12.3. The van der Waals surface area contributed by atoms with Gasteiger partial charge in [0.1, 0.15) is 0 Å². The molecule has 0 amide bonds. The maximum atomic E-state index is 12.3. The zero-order chi connectivity index (χ0) is 13.8. The quantitative estimate of drug-likeness (QED) is 0.744. The van der Waals surface area contributed by atoms with Gasteiger partial charge in [-0.1, -0.05) is 17.7 Å². The van der Waals surface area contributed by atoms with E-state index < -0.39 is 0 Å². The van der Waals surface area contributed by atoms with Crippen LogP contribution in [0.3, 0.4) is 0 Å². The lowest BCUT2D eigenvalue weighted by Crippen LogP contribution is -2.08. The van der Waals surface area contributed by atoms with Crippen molar-refractivity contribution < 1.29 is 9.53 Å². The second-order valence-electron chi connectivity index (χ2n) is 5.72. The van der Waals surface area contributed by atoms with Crippen molar-refractivity contribution in [2.75, 3.05) is 6.61 Å². The molecule has 2 rings (SSSR count). The lowest BCUT2D eigenvalue weighted by Gasteiger charge is -2.11. The molecular weight excluding hydrogens is 236 g/mol. The average molecular weight is 260 g/mol. The molecule has 1 heterocycles. The van der Waals surface area contributed by atoms with Gasteiger partial charge in [0.05, 0.1) is 6.10 Å². The molecule has 0 N–H and O–H groups in total. The fraction of sp³-hybridized carbons (Fsp3) is 0.588. The molecular formula is C17H24O2. The van der Waals surface area contributed by atoms with Gasteiger partial charge in [-0.25, -0.2) is 0 Å². The van der Waals surface area contributed by atoms with Gasteiger partial charge >= 0.3 is 0 Å². The second kappa shape index (κ2) is 6.33. The largest absolute Gasteiger partial charge is 0.378 e. The molecule has 1 saturated heterocycles. The van der Waals surface area contributed by atoms with Crippen molar-refractivity contribution in [2.45, 2.75) is 59.0 Å². The minimum Gasteiger partial charge on any atom is -0.378 e. The van der Waals surface area contributed by atoms with Crippen molar-refractivity contribution >= 4 is 5.78 Å². The van der Waals surface area contributed by atoms with Crippen LogP contribution in [0.25, 0.3) is 0 Å². The minimum absolute atomic E-state index is 0.285. The lowest BCUT2D eigenvalue weighted by atomic mass is 9.94. The first kappa shape index (κ1) is 14.3. The van der Waals surface area contributed by atoms with E-state index in [-0.39, 0.29) is 5.78 Å². The summed E-state index contributed by atoms with van der Waals surface area (Å²) < 4.78 is 5.59. The number of benzene rings is 1. The Hall–Kier alpha value is -1.15. The van der Waals surface area contributed by atoms with Gasteiger partial charge in [-0.3, -0.25) is 4.79 Å². The van der Waals surface area contributed by atoms with Gasteiger partial charge < -0.3 is 4.74 Å². The topological polar surface area (TPSA) is 26.3 Å². The smallest absolute Gasteiger partial charge is 0.163 e. The highest BCUT2D eigenvalue weighted by molar-refractivity contribution is 5.98. The molecule has 0 aromatic heterocycles. The van der Waals surface area contributed by atoms with Crippen LogP contribution in [0.4, 0.5) is 0 Å². The van der Waals surface area contributed by atoms with Crippen LogP contribution in [0, 0.1) is 20.8 Å². The van der Waals surface area contributed by atoms with Crippen molar-refractivity contribution in [3.63, 3.8) is 0 Å². The summed E-state index contributed by atoms with van der Waals surface area (Å²) in [5.41, 5.74) is 4.38. The van der Waals surface area contributed by atoms with Gasteiger partial charge in [-0.15, -0.1) is 0 Å². The van der Waals surface area contributed by atoms with Crippen LogP contribution in [0.5, 0.6) is 0 Å². The standard InChI is InChI=1S/C17H24O2/c1-12-10-13(2)17(14(3)11-12)16(18)8-4-6-15-7-5-9-19-15/h10-11,15H,4-9H2,1-3H3. The van der Waals surface area contributed by atoms with Crippen LogP contribution in [0.2, 0.25) is 0 Å². The van der Waals surface area contributed by atoms with Crippen molar-refractivity contribution in [1.82, 2.24) is 0 Å². The van der Waals surface area contributed by atoms with Crippen LogP contribution in [-0.4, -0.2) is 18.5 Å². The first-order valence-corrected chi connectivity index (χ1v) is 7.30. The summed E-state index contributed by atoms with van der Waals surface area (Å²) in [6.45, 7) is 7.04. The Morgan fingerprint density at radius 1 is 1.26 bits per heavy atom. The molecule has 1 unspecified atom stereocenters. The fourth-order valence-electron chi connectivity index (χ4n) is 3.11. The van der Waals surface area contributed by atoms with E-state index in [9.17, 15) is 4.79 Å². The minimum atomic E-state index is 0.285. The van der Waals surface area contributed by atoms with E-state index in [1.165, 1.54) is 12.0 Å². The van der Waals surface area contributed by atoms with Crippen LogP contribution in [0.1, 0.15) is 59.2 Å². The Kier molecular flexibility index (Phi) is 4.76. The summed E-state index contributed by atoms with van der Waals surface area (Å²) in [5.74, 6) is 0.285. The third-order valence-corrected chi connectivity index (χ3v) is 3.91. The van der Waals surface area contributed by atoms with Crippen molar-refractivity contribution in [3.05, 3.63) is 34.4 Å². The van der Waals surface area contributed by atoms with Crippen molar-refractivity contribution in [2.24, 2.45) is 0 Å². The van der Waals surface area contributed by atoms with Crippen molar-refractivity contribution in [1.29, 1.82) is 0 Å². The third kappa shape index (κ3) is 3.66. The molecule has 2 nitrogen and oxygen atoms in total. The molecule has 0 bridgehead atoms. The number of aryl methyl sites for hydroxylation is 3. The van der Waals surface area contributed by atoms with Crippen LogP contribution in [-0.2, 0) is 4.74 Å². The number of carbonyl (C=O) groups excluding carboxylic acids is 1.